The standard InChI is InChI=1S/C17H20N6O2S/c1-4-9-23(10-5-2)12-7-8-14(13(18)11-12)19-21-17-22-20-15(26-17)16(24)25-6-3/h4-5,7-8,11H,1-2,6,9-10,18H2,3H3. The monoisotopic (exact) mass is 372 g/mol. The van der Waals surface area contributed by atoms with E-state index in [9.17, 15) is 4.79 Å². The number of ether oxygens (including phenoxy) is 1. The Morgan fingerprint density at radius 2 is 2.04 bits per heavy atom. The lowest BCUT2D eigenvalue weighted by atomic mass is 10.2. The van der Waals surface area contributed by atoms with Gasteiger partial charge in [0.25, 0.3) is 5.13 Å². The molecule has 0 aliphatic rings. The van der Waals surface area contributed by atoms with E-state index in [2.05, 4.69) is 38.5 Å². The van der Waals surface area contributed by atoms with Crippen LogP contribution in [0.15, 0.2) is 53.7 Å². The van der Waals surface area contributed by atoms with E-state index < -0.39 is 5.97 Å². The van der Waals surface area contributed by atoms with Gasteiger partial charge in [-0.05, 0) is 25.1 Å². The Morgan fingerprint density at radius 3 is 2.65 bits per heavy atom. The minimum absolute atomic E-state index is 0.133. The van der Waals surface area contributed by atoms with Crippen molar-refractivity contribution in [3.8, 4) is 0 Å². The van der Waals surface area contributed by atoms with E-state index in [4.69, 9.17) is 10.5 Å². The third-order valence-corrected chi connectivity index (χ3v) is 3.97. The van der Waals surface area contributed by atoms with Crippen LogP contribution >= 0.6 is 11.3 Å². The average molecular weight is 372 g/mol. The Kier molecular flexibility index (Phi) is 6.98. The van der Waals surface area contributed by atoms with Gasteiger partial charge in [0.2, 0.25) is 5.01 Å². The Balaban J connectivity index is 2.14. The van der Waals surface area contributed by atoms with Gasteiger partial charge >= 0.3 is 5.97 Å². The largest absolute Gasteiger partial charge is 0.461 e. The van der Waals surface area contributed by atoms with E-state index in [1.54, 1.807) is 13.0 Å². The molecule has 2 aromatic rings. The van der Waals surface area contributed by atoms with Crippen molar-refractivity contribution in [2.75, 3.05) is 30.3 Å². The highest BCUT2D eigenvalue weighted by molar-refractivity contribution is 7.16. The van der Waals surface area contributed by atoms with E-state index in [-0.39, 0.29) is 16.7 Å². The summed E-state index contributed by atoms with van der Waals surface area (Å²) >= 11 is 0.999. The van der Waals surface area contributed by atoms with E-state index in [0.29, 0.717) is 24.5 Å². The number of nitrogens with two attached hydrogens (primary N) is 1. The Labute approximate surface area is 155 Å². The summed E-state index contributed by atoms with van der Waals surface area (Å²) in [6.07, 6.45) is 3.62. The number of hydrogen-bond donors (Lipinski definition) is 1. The molecule has 0 saturated heterocycles. The van der Waals surface area contributed by atoms with Crippen molar-refractivity contribution in [3.63, 3.8) is 0 Å². The summed E-state index contributed by atoms with van der Waals surface area (Å²) in [5.74, 6) is -0.528. The minimum atomic E-state index is -0.528. The molecule has 0 bridgehead atoms. The summed E-state index contributed by atoms with van der Waals surface area (Å²) in [4.78, 5) is 13.6. The number of carbonyl (C=O) groups excluding carboxylic acids is 1. The van der Waals surface area contributed by atoms with Crippen LogP contribution in [0.25, 0.3) is 0 Å². The lowest BCUT2D eigenvalue weighted by Gasteiger charge is -2.22. The topological polar surface area (TPSA) is 106 Å². The number of esters is 1. The summed E-state index contributed by atoms with van der Waals surface area (Å²) in [6, 6.07) is 5.47. The van der Waals surface area contributed by atoms with Crippen LogP contribution in [0, 0.1) is 0 Å². The molecule has 1 aromatic carbocycles. The molecule has 0 aliphatic carbocycles. The number of benzene rings is 1. The number of nitrogens with zero attached hydrogens (tertiary/aromatic N) is 5. The molecule has 9 heteroatoms. The average Bonchev–Trinajstić information content (AvgIpc) is 3.10. The molecule has 0 atom stereocenters. The van der Waals surface area contributed by atoms with Gasteiger partial charge in [-0.15, -0.1) is 33.6 Å². The quantitative estimate of drug-likeness (QED) is 0.310. The Morgan fingerprint density at radius 1 is 1.31 bits per heavy atom. The molecule has 0 amide bonds. The smallest absolute Gasteiger partial charge is 0.369 e. The van der Waals surface area contributed by atoms with Crippen LogP contribution in [-0.4, -0.2) is 35.9 Å². The molecule has 1 heterocycles. The molecular weight excluding hydrogens is 352 g/mol. The van der Waals surface area contributed by atoms with Gasteiger partial charge < -0.3 is 15.4 Å². The molecule has 26 heavy (non-hydrogen) atoms. The molecule has 0 fully saturated rings. The molecule has 2 rings (SSSR count). The Bertz CT molecular complexity index is 807. The molecule has 0 saturated carbocycles. The van der Waals surface area contributed by atoms with Crippen LogP contribution in [0.3, 0.4) is 0 Å². The van der Waals surface area contributed by atoms with E-state index >= 15 is 0 Å². The molecule has 0 spiro atoms. The van der Waals surface area contributed by atoms with Crippen molar-refractivity contribution in [2.24, 2.45) is 10.2 Å². The summed E-state index contributed by atoms with van der Waals surface area (Å²) in [5, 5.41) is 16.0. The van der Waals surface area contributed by atoms with Crippen LogP contribution < -0.4 is 10.6 Å². The van der Waals surface area contributed by atoms with Crippen LogP contribution in [0.4, 0.5) is 22.2 Å². The first-order valence-corrected chi connectivity index (χ1v) is 8.69. The van der Waals surface area contributed by atoms with Crippen LogP contribution in [0.1, 0.15) is 16.7 Å². The molecule has 2 N–H and O–H groups in total. The first kappa shape index (κ1) is 19.3. The lowest BCUT2D eigenvalue weighted by Crippen LogP contribution is -2.23. The number of nitrogen functional groups attached to an aromatic ring is 1. The second-order valence-corrected chi connectivity index (χ2v) is 5.99. The molecule has 0 unspecified atom stereocenters. The zero-order valence-electron chi connectivity index (χ0n) is 14.5. The second-order valence-electron chi connectivity index (χ2n) is 5.04. The predicted octanol–water partition coefficient (Wildman–Crippen LogP) is 3.89. The number of carbonyl (C=O) groups is 1. The van der Waals surface area contributed by atoms with Crippen LogP contribution in [0.5, 0.6) is 0 Å². The third kappa shape index (κ3) is 4.96. The van der Waals surface area contributed by atoms with Crippen molar-refractivity contribution in [2.45, 2.75) is 6.92 Å². The van der Waals surface area contributed by atoms with Gasteiger partial charge in [0.1, 0.15) is 5.69 Å². The van der Waals surface area contributed by atoms with Crippen LogP contribution in [0.2, 0.25) is 0 Å². The van der Waals surface area contributed by atoms with Gasteiger partial charge in [-0.2, -0.15) is 0 Å². The lowest BCUT2D eigenvalue weighted by molar-refractivity contribution is 0.0525. The highest BCUT2D eigenvalue weighted by Crippen LogP contribution is 2.30. The van der Waals surface area contributed by atoms with E-state index in [0.717, 1.165) is 17.0 Å². The van der Waals surface area contributed by atoms with Crippen molar-refractivity contribution in [1.82, 2.24) is 10.2 Å². The van der Waals surface area contributed by atoms with Gasteiger partial charge in [0, 0.05) is 18.8 Å². The summed E-state index contributed by atoms with van der Waals surface area (Å²) < 4.78 is 4.86. The fourth-order valence-corrected chi connectivity index (χ4v) is 2.61. The molecule has 0 aliphatic heterocycles. The zero-order valence-corrected chi connectivity index (χ0v) is 15.3. The fraction of sp³-hybridized carbons (Fsp3) is 0.235. The molecule has 136 valence electrons. The van der Waals surface area contributed by atoms with Gasteiger partial charge in [0.05, 0.1) is 12.3 Å². The molecular formula is C17H20N6O2S. The number of aromatic nitrogens is 2. The van der Waals surface area contributed by atoms with E-state index in [1.165, 1.54) is 0 Å². The summed E-state index contributed by atoms with van der Waals surface area (Å²) in [7, 11) is 0. The first-order chi connectivity index (χ1) is 12.6. The summed E-state index contributed by atoms with van der Waals surface area (Å²) in [5.41, 5.74) is 7.97. The highest BCUT2D eigenvalue weighted by atomic mass is 32.1. The third-order valence-electron chi connectivity index (χ3n) is 3.18. The maximum Gasteiger partial charge on any atom is 0.369 e. The molecule has 0 radical (unpaired) electrons. The number of rotatable bonds is 9. The predicted molar refractivity (Wildman–Crippen MR) is 104 cm³/mol. The van der Waals surface area contributed by atoms with Gasteiger partial charge in [-0.1, -0.05) is 23.5 Å². The molecule has 1 aromatic heterocycles. The Hall–Kier alpha value is -3.07. The number of azo groups is 1. The van der Waals surface area contributed by atoms with Crippen molar-refractivity contribution < 1.29 is 9.53 Å². The van der Waals surface area contributed by atoms with E-state index in [1.807, 2.05) is 24.3 Å². The van der Waals surface area contributed by atoms with Crippen molar-refractivity contribution in [3.05, 3.63) is 48.5 Å². The van der Waals surface area contributed by atoms with Crippen molar-refractivity contribution >= 4 is 39.5 Å². The number of hydrogen-bond acceptors (Lipinski definition) is 9. The summed E-state index contributed by atoms with van der Waals surface area (Å²) in [6.45, 7) is 10.8. The molecule has 8 nitrogen and oxygen atoms in total. The van der Waals surface area contributed by atoms with Gasteiger partial charge in [-0.25, -0.2) is 4.79 Å². The van der Waals surface area contributed by atoms with Crippen LogP contribution in [-0.2, 0) is 4.74 Å². The maximum atomic E-state index is 11.6. The maximum absolute atomic E-state index is 11.6. The first-order valence-electron chi connectivity index (χ1n) is 7.87. The normalized spacial score (nSPS) is 10.7. The highest BCUT2D eigenvalue weighted by Gasteiger charge is 2.13. The fourth-order valence-electron chi connectivity index (χ4n) is 2.05. The second kappa shape index (κ2) is 9.42. The number of anilines is 2. The van der Waals surface area contributed by atoms with Gasteiger partial charge in [-0.3, -0.25) is 0 Å². The minimum Gasteiger partial charge on any atom is -0.461 e. The SMILES string of the molecule is C=CCN(CC=C)c1ccc(N=Nc2nnc(C(=O)OCC)s2)c(N)c1. The van der Waals surface area contributed by atoms with Crippen molar-refractivity contribution in [1.29, 1.82) is 0 Å². The van der Waals surface area contributed by atoms with Gasteiger partial charge in [0.15, 0.2) is 0 Å². The zero-order chi connectivity index (χ0) is 18.9.